The third kappa shape index (κ3) is 5.02. The Morgan fingerprint density at radius 2 is 1.30 bits per heavy atom. The summed E-state index contributed by atoms with van der Waals surface area (Å²) in [5.41, 5.74) is 17.3. The van der Waals surface area contributed by atoms with Gasteiger partial charge in [0.1, 0.15) is 17.4 Å². The number of rotatable bonds is 9. The molecule has 0 saturated heterocycles. The van der Waals surface area contributed by atoms with Gasteiger partial charge in [0, 0.05) is 22.3 Å². The van der Waals surface area contributed by atoms with Crippen molar-refractivity contribution in [1.29, 1.82) is 10.8 Å². The number of ether oxygens (including phenoxy) is 1. The lowest BCUT2D eigenvalue weighted by atomic mass is 10.0. The first-order valence-electron chi connectivity index (χ1n) is 12.8. The topological polar surface area (TPSA) is 136 Å². The van der Waals surface area contributed by atoms with E-state index in [1.807, 2.05) is 91.0 Å². The van der Waals surface area contributed by atoms with E-state index >= 15 is 0 Å². The number of para-hydroxylation sites is 1. The maximum Gasteiger partial charge on any atom is 0.329 e. The molecule has 0 amide bonds. The fraction of sp³-hybridized carbons (Fsp3) is 0.0938. The number of methoxy groups -OCH3 is 1. The van der Waals surface area contributed by atoms with Gasteiger partial charge in [-0.2, -0.15) is 0 Å². The van der Waals surface area contributed by atoms with Gasteiger partial charge in [0.05, 0.1) is 37.2 Å². The molecule has 4 aromatic carbocycles. The lowest BCUT2D eigenvalue weighted by Crippen LogP contribution is -2.26. The van der Waals surface area contributed by atoms with Gasteiger partial charge in [0.2, 0.25) is 0 Å². The SMILES string of the molecule is COc1c(Cn2c(-c3ccccc3)c(-c3ccccc3)n(Cc3cccc(C(=N)N)c3)c2=O)cccc1C(=N)N. The molecule has 6 N–H and O–H groups in total. The standard InChI is InChI=1S/C32H30N6O2/c1-40-29-25(16-9-17-26(29)31(35)36)20-38-28(23-13-6-3-7-14-23)27(22-11-4-2-5-12-22)37(32(38)39)19-21-10-8-15-24(18-21)30(33)34/h2-18H,19-20H2,1H3,(H3,33,34)(H3,35,36). The second-order valence-corrected chi connectivity index (χ2v) is 9.41. The smallest absolute Gasteiger partial charge is 0.329 e. The highest BCUT2D eigenvalue weighted by Gasteiger charge is 2.24. The Hall–Kier alpha value is -5.37. The van der Waals surface area contributed by atoms with E-state index in [9.17, 15) is 4.79 Å². The lowest BCUT2D eigenvalue weighted by molar-refractivity contribution is 0.407. The van der Waals surface area contributed by atoms with Gasteiger partial charge in [-0.05, 0) is 17.7 Å². The predicted octanol–water partition coefficient (Wildman–Crippen LogP) is 4.66. The zero-order valence-electron chi connectivity index (χ0n) is 22.1. The second kappa shape index (κ2) is 11.2. The van der Waals surface area contributed by atoms with Crippen LogP contribution >= 0.6 is 0 Å². The molecule has 0 aliphatic heterocycles. The fourth-order valence-corrected chi connectivity index (χ4v) is 5.02. The molecule has 0 atom stereocenters. The number of nitrogens with one attached hydrogen (secondary N) is 2. The van der Waals surface area contributed by atoms with Crippen molar-refractivity contribution in [2.75, 3.05) is 7.11 Å². The molecule has 0 saturated carbocycles. The Balaban J connectivity index is 1.79. The molecule has 0 radical (unpaired) electrons. The Labute approximate surface area is 232 Å². The van der Waals surface area contributed by atoms with Crippen LogP contribution < -0.4 is 21.9 Å². The van der Waals surface area contributed by atoms with E-state index in [2.05, 4.69) is 0 Å². The second-order valence-electron chi connectivity index (χ2n) is 9.41. The largest absolute Gasteiger partial charge is 0.496 e. The summed E-state index contributed by atoms with van der Waals surface area (Å²) in [5.74, 6) is 0.323. The van der Waals surface area contributed by atoms with Gasteiger partial charge in [-0.15, -0.1) is 0 Å². The summed E-state index contributed by atoms with van der Waals surface area (Å²) in [6, 6.07) is 32.4. The maximum atomic E-state index is 14.4. The van der Waals surface area contributed by atoms with E-state index in [0.29, 0.717) is 16.9 Å². The van der Waals surface area contributed by atoms with Crippen LogP contribution in [0, 0.1) is 10.8 Å². The Morgan fingerprint density at radius 3 is 1.85 bits per heavy atom. The molecule has 200 valence electrons. The molecule has 5 aromatic rings. The highest BCUT2D eigenvalue weighted by molar-refractivity contribution is 5.98. The molecule has 1 aromatic heterocycles. The van der Waals surface area contributed by atoms with Crippen LogP contribution in [-0.2, 0) is 13.1 Å². The van der Waals surface area contributed by atoms with E-state index in [0.717, 1.165) is 33.6 Å². The van der Waals surface area contributed by atoms with Crippen molar-refractivity contribution in [3.63, 3.8) is 0 Å². The minimum atomic E-state index is -0.207. The maximum absolute atomic E-state index is 14.4. The van der Waals surface area contributed by atoms with Gasteiger partial charge in [0.15, 0.2) is 0 Å². The highest BCUT2D eigenvalue weighted by Crippen LogP contribution is 2.34. The number of nitrogens with two attached hydrogens (primary N) is 2. The summed E-state index contributed by atoms with van der Waals surface area (Å²) < 4.78 is 9.18. The van der Waals surface area contributed by atoms with Gasteiger partial charge >= 0.3 is 5.69 Å². The molecule has 0 aliphatic rings. The molecule has 1 heterocycles. The van der Waals surface area contributed by atoms with Gasteiger partial charge in [-0.3, -0.25) is 20.0 Å². The van der Waals surface area contributed by atoms with Gasteiger partial charge in [0.25, 0.3) is 0 Å². The summed E-state index contributed by atoms with van der Waals surface area (Å²) in [4.78, 5) is 14.4. The monoisotopic (exact) mass is 530 g/mol. The molecule has 0 fully saturated rings. The van der Waals surface area contributed by atoms with Gasteiger partial charge < -0.3 is 16.2 Å². The number of amidine groups is 2. The Morgan fingerprint density at radius 1 is 0.725 bits per heavy atom. The summed E-state index contributed by atoms with van der Waals surface area (Å²) in [6.45, 7) is 0.481. The molecule has 0 aliphatic carbocycles. The molecule has 8 nitrogen and oxygen atoms in total. The summed E-state index contributed by atoms with van der Waals surface area (Å²) in [7, 11) is 1.54. The average Bonchev–Trinajstić information content (AvgIpc) is 3.24. The van der Waals surface area contributed by atoms with E-state index in [1.54, 1.807) is 21.3 Å². The minimum absolute atomic E-state index is 0.0301. The van der Waals surface area contributed by atoms with Crippen LogP contribution in [-0.4, -0.2) is 27.9 Å². The number of nitrogen functional groups attached to an aromatic ring is 2. The molecule has 0 unspecified atom stereocenters. The number of nitrogens with zero attached hydrogens (tertiary/aromatic N) is 2. The number of aromatic nitrogens is 2. The first-order chi connectivity index (χ1) is 19.4. The van der Waals surface area contributed by atoms with Crippen LogP contribution in [0.25, 0.3) is 22.5 Å². The van der Waals surface area contributed by atoms with Crippen molar-refractivity contribution >= 4 is 11.7 Å². The lowest BCUT2D eigenvalue weighted by Gasteiger charge is -2.15. The summed E-state index contributed by atoms with van der Waals surface area (Å²) in [5, 5.41) is 15.9. The summed E-state index contributed by atoms with van der Waals surface area (Å²) >= 11 is 0. The molecule has 0 spiro atoms. The van der Waals surface area contributed by atoms with E-state index in [4.69, 9.17) is 27.0 Å². The van der Waals surface area contributed by atoms with Crippen LogP contribution in [0.4, 0.5) is 0 Å². The van der Waals surface area contributed by atoms with Crippen molar-refractivity contribution in [2.45, 2.75) is 13.1 Å². The van der Waals surface area contributed by atoms with E-state index < -0.39 is 0 Å². The summed E-state index contributed by atoms with van der Waals surface area (Å²) in [6.07, 6.45) is 0. The first kappa shape index (κ1) is 26.2. The zero-order valence-corrected chi connectivity index (χ0v) is 22.1. The van der Waals surface area contributed by atoms with Crippen LogP contribution in [0.5, 0.6) is 5.75 Å². The molecule has 8 heteroatoms. The highest BCUT2D eigenvalue weighted by atomic mass is 16.5. The quantitative estimate of drug-likeness (QED) is 0.163. The Bertz CT molecular complexity index is 1750. The zero-order chi connectivity index (χ0) is 28.2. The van der Waals surface area contributed by atoms with Gasteiger partial charge in [-0.25, -0.2) is 4.79 Å². The first-order valence-corrected chi connectivity index (χ1v) is 12.8. The van der Waals surface area contributed by atoms with Crippen LogP contribution in [0.1, 0.15) is 22.3 Å². The number of hydrogen-bond donors (Lipinski definition) is 4. The van der Waals surface area contributed by atoms with Crippen molar-refractivity contribution in [2.24, 2.45) is 11.5 Å². The minimum Gasteiger partial charge on any atom is -0.496 e. The van der Waals surface area contributed by atoms with Crippen molar-refractivity contribution < 1.29 is 4.74 Å². The number of imidazole rings is 1. The third-order valence-corrected chi connectivity index (χ3v) is 6.82. The van der Waals surface area contributed by atoms with Crippen LogP contribution in [0.15, 0.2) is 108 Å². The molecular weight excluding hydrogens is 500 g/mol. The number of benzene rings is 4. The van der Waals surface area contributed by atoms with Gasteiger partial charge in [-0.1, -0.05) is 91.0 Å². The van der Waals surface area contributed by atoms with Crippen molar-refractivity contribution in [3.8, 4) is 28.3 Å². The molecule has 0 bridgehead atoms. The molecule has 5 rings (SSSR count). The van der Waals surface area contributed by atoms with Crippen molar-refractivity contribution in [3.05, 3.63) is 136 Å². The van der Waals surface area contributed by atoms with Crippen LogP contribution in [0.2, 0.25) is 0 Å². The number of hydrogen-bond acceptors (Lipinski definition) is 4. The molecule has 40 heavy (non-hydrogen) atoms. The van der Waals surface area contributed by atoms with E-state index in [1.165, 1.54) is 7.11 Å². The molecular formula is C32H30N6O2. The van der Waals surface area contributed by atoms with Crippen LogP contribution in [0.3, 0.4) is 0 Å². The third-order valence-electron chi connectivity index (χ3n) is 6.82. The predicted molar refractivity (Wildman–Crippen MR) is 159 cm³/mol. The average molecular weight is 531 g/mol. The normalized spacial score (nSPS) is 10.8. The fourth-order valence-electron chi connectivity index (χ4n) is 5.02. The van der Waals surface area contributed by atoms with Crippen molar-refractivity contribution in [1.82, 2.24) is 9.13 Å². The Kier molecular flexibility index (Phi) is 7.33. The van der Waals surface area contributed by atoms with E-state index in [-0.39, 0.29) is 30.5 Å².